The lowest BCUT2D eigenvalue weighted by Gasteiger charge is -2.12. The van der Waals surface area contributed by atoms with E-state index in [4.69, 9.17) is 20.8 Å². The van der Waals surface area contributed by atoms with E-state index in [9.17, 15) is 13.2 Å². The predicted molar refractivity (Wildman–Crippen MR) is 115 cm³/mol. The molecule has 6 nitrogen and oxygen atoms in total. The molecule has 0 radical (unpaired) electrons. The van der Waals surface area contributed by atoms with Gasteiger partial charge in [-0.3, -0.25) is 4.79 Å². The Morgan fingerprint density at radius 2 is 1.93 bits per heavy atom. The van der Waals surface area contributed by atoms with E-state index in [0.717, 1.165) is 6.26 Å². The van der Waals surface area contributed by atoms with Gasteiger partial charge in [0.05, 0.1) is 17.4 Å². The Hall–Kier alpha value is -2.51. The Bertz CT molecular complexity index is 1150. The quantitative estimate of drug-likeness (QED) is 0.569. The number of ether oxygens (including phenoxy) is 1. The molecule has 154 valence electrons. The van der Waals surface area contributed by atoms with Crippen molar-refractivity contribution in [3.05, 3.63) is 58.8 Å². The van der Waals surface area contributed by atoms with Gasteiger partial charge in [0.1, 0.15) is 11.3 Å². The molecule has 1 aromatic heterocycles. The third-order valence-corrected chi connectivity index (χ3v) is 5.18. The summed E-state index contributed by atoms with van der Waals surface area (Å²) in [4.78, 5) is 12.8. The second-order valence-electron chi connectivity index (χ2n) is 7.28. The van der Waals surface area contributed by atoms with E-state index >= 15 is 0 Å². The minimum atomic E-state index is -3.37. The minimum Gasteiger partial charge on any atom is -0.492 e. The average Bonchev–Trinajstić information content (AvgIpc) is 2.98. The van der Waals surface area contributed by atoms with E-state index in [-0.39, 0.29) is 11.5 Å². The van der Waals surface area contributed by atoms with E-state index in [0.29, 0.717) is 45.5 Å². The van der Waals surface area contributed by atoms with Gasteiger partial charge in [-0.2, -0.15) is 0 Å². The molecule has 0 spiro atoms. The number of sulfone groups is 1. The Morgan fingerprint density at radius 1 is 1.21 bits per heavy atom. The summed E-state index contributed by atoms with van der Waals surface area (Å²) in [6.45, 7) is 4.59. The normalized spacial score (nSPS) is 11.8. The SMILES string of the molecule is CC(C)COc1ccc(NC(=O)c2oc3ccccc3c2CS(C)(=O)=O)cc1Cl. The van der Waals surface area contributed by atoms with Gasteiger partial charge in [-0.05, 0) is 30.2 Å². The predicted octanol–water partition coefficient (Wildman–Crippen LogP) is 4.92. The molecule has 3 aromatic rings. The second kappa shape index (κ2) is 8.47. The van der Waals surface area contributed by atoms with Crippen LogP contribution in [0, 0.1) is 5.92 Å². The number of anilines is 1. The van der Waals surface area contributed by atoms with Crippen molar-refractivity contribution in [2.24, 2.45) is 5.92 Å². The number of para-hydroxylation sites is 1. The molecule has 0 saturated heterocycles. The summed E-state index contributed by atoms with van der Waals surface area (Å²) < 4.78 is 35.0. The van der Waals surface area contributed by atoms with Gasteiger partial charge >= 0.3 is 0 Å². The average molecular weight is 436 g/mol. The van der Waals surface area contributed by atoms with Crippen molar-refractivity contribution in [3.8, 4) is 5.75 Å². The molecule has 0 unspecified atom stereocenters. The van der Waals surface area contributed by atoms with Crippen LogP contribution >= 0.6 is 11.6 Å². The molecule has 0 fully saturated rings. The van der Waals surface area contributed by atoms with Gasteiger partial charge in [0.2, 0.25) is 0 Å². The van der Waals surface area contributed by atoms with Crippen LogP contribution in [-0.4, -0.2) is 27.2 Å². The van der Waals surface area contributed by atoms with Crippen LogP contribution in [0.1, 0.15) is 30.0 Å². The smallest absolute Gasteiger partial charge is 0.291 e. The van der Waals surface area contributed by atoms with Crippen molar-refractivity contribution >= 4 is 44.0 Å². The van der Waals surface area contributed by atoms with Crippen LogP contribution in [0.25, 0.3) is 11.0 Å². The Labute approximate surface area is 174 Å². The number of furan rings is 1. The Morgan fingerprint density at radius 3 is 2.59 bits per heavy atom. The van der Waals surface area contributed by atoms with Crippen molar-refractivity contribution in [3.63, 3.8) is 0 Å². The first kappa shape index (κ1) is 21.2. The molecule has 1 heterocycles. The third kappa shape index (κ3) is 5.31. The van der Waals surface area contributed by atoms with Crippen LogP contribution in [-0.2, 0) is 15.6 Å². The van der Waals surface area contributed by atoms with Gasteiger partial charge in [0.25, 0.3) is 5.91 Å². The number of carbonyl (C=O) groups excluding carboxylic acids is 1. The van der Waals surface area contributed by atoms with Gasteiger partial charge in [0, 0.05) is 22.9 Å². The fourth-order valence-corrected chi connectivity index (χ4v) is 3.87. The summed E-state index contributed by atoms with van der Waals surface area (Å²) >= 11 is 6.25. The molecular weight excluding hydrogens is 414 g/mol. The van der Waals surface area contributed by atoms with Crippen LogP contribution in [0.5, 0.6) is 5.75 Å². The molecule has 2 aromatic carbocycles. The Kier molecular flexibility index (Phi) is 6.19. The molecule has 1 N–H and O–H groups in total. The van der Waals surface area contributed by atoms with E-state index in [2.05, 4.69) is 5.32 Å². The highest BCUT2D eigenvalue weighted by molar-refractivity contribution is 7.89. The van der Waals surface area contributed by atoms with Gasteiger partial charge < -0.3 is 14.5 Å². The highest BCUT2D eigenvalue weighted by Crippen LogP contribution is 2.30. The van der Waals surface area contributed by atoms with Crippen molar-refractivity contribution in [1.82, 2.24) is 0 Å². The van der Waals surface area contributed by atoms with Crippen LogP contribution in [0.15, 0.2) is 46.9 Å². The van der Waals surface area contributed by atoms with E-state index < -0.39 is 15.7 Å². The van der Waals surface area contributed by atoms with E-state index in [1.54, 1.807) is 42.5 Å². The van der Waals surface area contributed by atoms with Crippen molar-refractivity contribution in [2.45, 2.75) is 19.6 Å². The van der Waals surface area contributed by atoms with Gasteiger partial charge in [-0.25, -0.2) is 8.42 Å². The van der Waals surface area contributed by atoms with Crippen LogP contribution < -0.4 is 10.1 Å². The molecule has 0 bridgehead atoms. The van der Waals surface area contributed by atoms with Crippen molar-refractivity contribution < 1.29 is 22.4 Å². The zero-order valence-corrected chi connectivity index (χ0v) is 17.9. The monoisotopic (exact) mass is 435 g/mol. The minimum absolute atomic E-state index is 0.0344. The van der Waals surface area contributed by atoms with Gasteiger partial charge in [-0.1, -0.05) is 43.6 Å². The zero-order valence-electron chi connectivity index (χ0n) is 16.4. The fraction of sp³-hybridized carbons (Fsp3) is 0.286. The number of rotatable bonds is 7. The Balaban J connectivity index is 1.88. The number of fused-ring (bicyclic) bond motifs is 1. The molecular formula is C21H22ClNO5S. The van der Waals surface area contributed by atoms with Crippen LogP contribution in [0.2, 0.25) is 5.02 Å². The number of carbonyl (C=O) groups is 1. The zero-order chi connectivity index (χ0) is 21.2. The van der Waals surface area contributed by atoms with Crippen molar-refractivity contribution in [2.75, 3.05) is 18.2 Å². The molecule has 0 aliphatic carbocycles. The number of nitrogens with one attached hydrogen (secondary N) is 1. The molecule has 0 atom stereocenters. The highest BCUT2D eigenvalue weighted by atomic mass is 35.5. The highest BCUT2D eigenvalue weighted by Gasteiger charge is 2.23. The third-order valence-electron chi connectivity index (χ3n) is 4.07. The van der Waals surface area contributed by atoms with Crippen LogP contribution in [0.3, 0.4) is 0 Å². The first-order valence-electron chi connectivity index (χ1n) is 9.06. The lowest BCUT2D eigenvalue weighted by Crippen LogP contribution is -2.14. The maximum absolute atomic E-state index is 12.8. The topological polar surface area (TPSA) is 85.6 Å². The number of halogens is 1. The lowest BCUT2D eigenvalue weighted by molar-refractivity contribution is 0.0998. The maximum Gasteiger partial charge on any atom is 0.291 e. The van der Waals surface area contributed by atoms with E-state index in [1.807, 2.05) is 13.8 Å². The first-order chi connectivity index (χ1) is 13.6. The number of hydrogen-bond donors (Lipinski definition) is 1. The summed E-state index contributed by atoms with van der Waals surface area (Å²) in [6.07, 6.45) is 1.12. The molecule has 8 heteroatoms. The molecule has 3 rings (SSSR count). The first-order valence-corrected chi connectivity index (χ1v) is 11.5. The second-order valence-corrected chi connectivity index (χ2v) is 9.83. The summed E-state index contributed by atoms with van der Waals surface area (Å²) in [5.74, 6) is 0.00138. The maximum atomic E-state index is 12.8. The largest absolute Gasteiger partial charge is 0.492 e. The summed E-state index contributed by atoms with van der Waals surface area (Å²) in [6, 6.07) is 11.9. The number of hydrogen-bond acceptors (Lipinski definition) is 5. The standard InChI is InChI=1S/C21H22ClNO5S/c1-13(2)11-27-19-9-8-14(10-17(19)22)23-21(24)20-16(12-29(3,25)26)15-6-4-5-7-18(15)28-20/h4-10,13H,11-12H2,1-3H3,(H,23,24). The van der Waals surface area contributed by atoms with Crippen molar-refractivity contribution in [1.29, 1.82) is 0 Å². The number of benzene rings is 2. The molecule has 1 amide bonds. The fourth-order valence-electron chi connectivity index (χ4n) is 2.83. The molecule has 0 aliphatic heterocycles. The van der Waals surface area contributed by atoms with Gasteiger partial charge in [0.15, 0.2) is 15.6 Å². The van der Waals surface area contributed by atoms with Crippen LogP contribution in [0.4, 0.5) is 5.69 Å². The molecule has 29 heavy (non-hydrogen) atoms. The van der Waals surface area contributed by atoms with E-state index in [1.165, 1.54) is 0 Å². The van der Waals surface area contributed by atoms with Gasteiger partial charge in [-0.15, -0.1) is 0 Å². The lowest BCUT2D eigenvalue weighted by atomic mass is 10.1. The number of amides is 1. The summed E-state index contributed by atoms with van der Waals surface area (Å²) in [5, 5.41) is 3.67. The molecule has 0 aliphatic rings. The summed E-state index contributed by atoms with van der Waals surface area (Å²) in [5.41, 5.74) is 1.23. The molecule has 0 saturated carbocycles. The summed E-state index contributed by atoms with van der Waals surface area (Å²) in [7, 11) is -3.37.